The van der Waals surface area contributed by atoms with Gasteiger partial charge in [-0.2, -0.15) is 0 Å². The number of aromatic hydroxyl groups is 1. The van der Waals surface area contributed by atoms with Crippen molar-refractivity contribution in [2.45, 2.75) is 5.92 Å². The summed E-state index contributed by atoms with van der Waals surface area (Å²) >= 11 is 3.23. The van der Waals surface area contributed by atoms with Gasteiger partial charge in [-0.3, -0.25) is 24.4 Å². The number of nitrogens with one attached hydrogen (secondary N) is 4. The first-order valence-electron chi connectivity index (χ1n) is 7.60. The van der Waals surface area contributed by atoms with Crippen LogP contribution in [0.25, 0.3) is 0 Å². The van der Waals surface area contributed by atoms with Crippen LogP contribution in [0.5, 0.6) is 5.88 Å². The van der Waals surface area contributed by atoms with Crippen LogP contribution in [0.3, 0.4) is 0 Å². The summed E-state index contributed by atoms with van der Waals surface area (Å²) in [6, 6.07) is 6.05. The number of aromatic nitrogens is 2. The molecule has 1 aromatic heterocycles. The van der Waals surface area contributed by atoms with Crippen molar-refractivity contribution in [3.63, 3.8) is 0 Å². The van der Waals surface area contributed by atoms with Crippen LogP contribution in [0.1, 0.15) is 21.8 Å². The number of hydrogen-bond acceptors (Lipinski definition) is 7. The molecule has 0 spiro atoms. The number of aromatic amines is 2. The number of carbonyl (C=O) groups excluding carboxylic acids is 2. The zero-order chi connectivity index (χ0) is 19.7. The second-order valence-corrected chi connectivity index (χ2v) is 6.51. The normalized spacial score (nSPS) is 15.1. The lowest BCUT2D eigenvalue weighted by Gasteiger charge is -2.24. The summed E-state index contributed by atoms with van der Waals surface area (Å²) in [7, 11) is 0. The lowest BCUT2D eigenvalue weighted by molar-refractivity contribution is -0.118. The molecule has 1 aliphatic heterocycles. The number of benzene rings is 1. The second-order valence-electron chi connectivity index (χ2n) is 5.60. The number of aliphatic hydroxyl groups is 1. The van der Waals surface area contributed by atoms with Gasteiger partial charge in [-0.05, 0) is 12.1 Å². The predicted octanol–water partition coefficient (Wildman–Crippen LogP) is -0.0557. The number of rotatable bonds is 4. The number of H-pyrrole nitrogens is 2. The van der Waals surface area contributed by atoms with E-state index in [4.69, 9.17) is 0 Å². The molecule has 0 fully saturated rings. The van der Waals surface area contributed by atoms with E-state index >= 15 is 0 Å². The topological polar surface area (TPSA) is 164 Å². The summed E-state index contributed by atoms with van der Waals surface area (Å²) in [5, 5.41) is 25.1. The van der Waals surface area contributed by atoms with Gasteiger partial charge in [0.15, 0.2) is 11.7 Å². The SMILES string of the molecule is O=C1NCNC(O)=C1C(C(=O)c1ccc(Br)cc1)c1c(O)[nH]c(=O)[nH]c1=O. The standard InChI is InChI=1S/C16H13BrN4O6/c17-7-3-1-6(2-4-7)11(22)8(9-12(23)18-5-19-13(9)24)10-14(25)20-16(27)21-15(10)26/h1-4,8,18,23H,5H2,(H,19,24)(H3,20,21,25,26,27). The Balaban J connectivity index is 2.26. The maximum atomic E-state index is 13.1. The molecule has 11 heteroatoms. The first kappa shape index (κ1) is 18.5. The first-order valence-corrected chi connectivity index (χ1v) is 8.39. The van der Waals surface area contributed by atoms with Crippen LogP contribution >= 0.6 is 15.9 Å². The number of ketones is 1. The number of hydrogen-bond donors (Lipinski definition) is 6. The lowest BCUT2D eigenvalue weighted by Crippen LogP contribution is -2.44. The maximum Gasteiger partial charge on any atom is 0.328 e. The molecule has 1 amide bonds. The van der Waals surface area contributed by atoms with E-state index < -0.39 is 51.8 Å². The molecule has 0 saturated carbocycles. The lowest BCUT2D eigenvalue weighted by atomic mass is 9.84. The molecular formula is C16H13BrN4O6. The van der Waals surface area contributed by atoms with Crippen molar-refractivity contribution in [2.24, 2.45) is 0 Å². The van der Waals surface area contributed by atoms with Gasteiger partial charge in [0.05, 0.1) is 23.7 Å². The van der Waals surface area contributed by atoms with Gasteiger partial charge in [-0.1, -0.05) is 28.1 Å². The molecule has 1 aromatic carbocycles. The van der Waals surface area contributed by atoms with E-state index in [0.29, 0.717) is 4.47 Å². The number of aliphatic hydroxyl groups excluding tert-OH is 1. The summed E-state index contributed by atoms with van der Waals surface area (Å²) in [4.78, 5) is 52.9. The monoisotopic (exact) mass is 436 g/mol. The van der Waals surface area contributed by atoms with Gasteiger partial charge in [-0.15, -0.1) is 0 Å². The quantitative estimate of drug-likeness (QED) is 0.365. The Morgan fingerprint density at radius 1 is 1.04 bits per heavy atom. The third-order valence-corrected chi connectivity index (χ3v) is 4.46. The van der Waals surface area contributed by atoms with Crippen LogP contribution in [0, 0.1) is 0 Å². The molecule has 1 atom stereocenters. The summed E-state index contributed by atoms with van der Waals surface area (Å²) in [5.74, 6) is -4.70. The average Bonchev–Trinajstić information content (AvgIpc) is 2.59. The molecule has 0 saturated heterocycles. The third-order valence-electron chi connectivity index (χ3n) is 3.93. The Bertz CT molecular complexity index is 1070. The van der Waals surface area contributed by atoms with Crippen molar-refractivity contribution in [1.29, 1.82) is 0 Å². The fraction of sp³-hybridized carbons (Fsp3) is 0.125. The number of Topliss-reactive ketones (excluding diaryl/α,β-unsaturated/α-hetero) is 1. The van der Waals surface area contributed by atoms with E-state index in [1.54, 1.807) is 12.1 Å². The Labute approximate surface area is 159 Å². The Morgan fingerprint density at radius 2 is 1.70 bits per heavy atom. The third kappa shape index (κ3) is 3.49. The molecular weight excluding hydrogens is 424 g/mol. The summed E-state index contributed by atoms with van der Waals surface area (Å²) < 4.78 is 0.694. The van der Waals surface area contributed by atoms with Gasteiger partial charge in [0.1, 0.15) is 0 Å². The van der Waals surface area contributed by atoms with Crippen molar-refractivity contribution in [2.75, 3.05) is 6.67 Å². The molecule has 3 rings (SSSR count). The highest BCUT2D eigenvalue weighted by atomic mass is 79.9. The van der Waals surface area contributed by atoms with Crippen molar-refractivity contribution >= 4 is 27.6 Å². The molecule has 1 aliphatic rings. The number of amides is 1. The Kier molecular flexibility index (Phi) is 4.86. The molecule has 2 heterocycles. The Morgan fingerprint density at radius 3 is 2.30 bits per heavy atom. The zero-order valence-corrected chi connectivity index (χ0v) is 15.1. The minimum absolute atomic E-state index is 0.0820. The van der Waals surface area contributed by atoms with Gasteiger partial charge in [0, 0.05) is 10.0 Å². The highest BCUT2D eigenvalue weighted by Gasteiger charge is 2.38. The van der Waals surface area contributed by atoms with Crippen molar-refractivity contribution < 1.29 is 19.8 Å². The van der Waals surface area contributed by atoms with Crippen LogP contribution in [-0.4, -0.2) is 38.5 Å². The van der Waals surface area contributed by atoms with E-state index in [9.17, 15) is 29.4 Å². The molecule has 0 radical (unpaired) electrons. The van der Waals surface area contributed by atoms with Crippen LogP contribution < -0.4 is 21.9 Å². The highest BCUT2D eigenvalue weighted by molar-refractivity contribution is 9.10. The maximum absolute atomic E-state index is 13.1. The van der Waals surface area contributed by atoms with Gasteiger partial charge in [0.2, 0.25) is 5.88 Å². The number of carbonyl (C=O) groups is 2. The minimum atomic E-state index is -1.67. The van der Waals surface area contributed by atoms with Crippen LogP contribution in [-0.2, 0) is 4.79 Å². The van der Waals surface area contributed by atoms with E-state index in [-0.39, 0.29) is 12.2 Å². The molecule has 1 unspecified atom stereocenters. The molecule has 0 aliphatic carbocycles. The molecule has 10 nitrogen and oxygen atoms in total. The average molecular weight is 437 g/mol. The van der Waals surface area contributed by atoms with Gasteiger partial charge < -0.3 is 20.8 Å². The smallest absolute Gasteiger partial charge is 0.328 e. The fourth-order valence-corrected chi connectivity index (χ4v) is 2.98. The largest absolute Gasteiger partial charge is 0.494 e. The van der Waals surface area contributed by atoms with E-state index in [0.717, 1.165) is 0 Å². The highest BCUT2D eigenvalue weighted by Crippen LogP contribution is 2.32. The molecule has 140 valence electrons. The van der Waals surface area contributed by atoms with Crippen molar-refractivity contribution in [1.82, 2.24) is 20.6 Å². The minimum Gasteiger partial charge on any atom is -0.494 e. The van der Waals surface area contributed by atoms with E-state index in [1.807, 2.05) is 9.97 Å². The molecule has 2 aromatic rings. The molecule has 6 N–H and O–H groups in total. The molecule has 27 heavy (non-hydrogen) atoms. The van der Waals surface area contributed by atoms with Gasteiger partial charge in [0.25, 0.3) is 11.5 Å². The summed E-state index contributed by atoms with van der Waals surface area (Å²) in [6.07, 6.45) is 0. The molecule has 0 bridgehead atoms. The predicted molar refractivity (Wildman–Crippen MR) is 96.4 cm³/mol. The summed E-state index contributed by atoms with van der Waals surface area (Å²) in [5.41, 5.74) is -2.96. The van der Waals surface area contributed by atoms with Crippen molar-refractivity contribution in [3.05, 3.63) is 72.2 Å². The van der Waals surface area contributed by atoms with Crippen molar-refractivity contribution in [3.8, 4) is 5.88 Å². The van der Waals surface area contributed by atoms with E-state index in [2.05, 4.69) is 26.6 Å². The van der Waals surface area contributed by atoms with Crippen LogP contribution in [0.4, 0.5) is 0 Å². The first-order chi connectivity index (χ1) is 12.8. The second kappa shape index (κ2) is 7.11. The fourth-order valence-electron chi connectivity index (χ4n) is 2.71. The van der Waals surface area contributed by atoms with Gasteiger partial charge in [-0.25, -0.2) is 4.79 Å². The van der Waals surface area contributed by atoms with Crippen LogP contribution in [0.15, 0.2) is 49.8 Å². The van der Waals surface area contributed by atoms with E-state index in [1.165, 1.54) is 12.1 Å². The Hall–Kier alpha value is -3.34. The van der Waals surface area contributed by atoms with Crippen LogP contribution in [0.2, 0.25) is 0 Å². The summed E-state index contributed by atoms with van der Waals surface area (Å²) in [6.45, 7) is -0.0820. The zero-order valence-electron chi connectivity index (χ0n) is 13.5. The number of halogens is 1. The van der Waals surface area contributed by atoms with Gasteiger partial charge >= 0.3 is 5.69 Å².